The van der Waals surface area contributed by atoms with E-state index in [0.29, 0.717) is 12.1 Å². The van der Waals surface area contributed by atoms with E-state index in [1.807, 2.05) is 36.4 Å². The first-order valence-corrected chi connectivity index (χ1v) is 9.69. The number of hydrogen-bond acceptors (Lipinski definition) is 4. The van der Waals surface area contributed by atoms with E-state index in [2.05, 4.69) is 10.6 Å². The van der Waals surface area contributed by atoms with Gasteiger partial charge in [-0.2, -0.15) is 0 Å². The molecule has 0 fully saturated rings. The summed E-state index contributed by atoms with van der Waals surface area (Å²) in [5.41, 5.74) is 3.50. The summed E-state index contributed by atoms with van der Waals surface area (Å²) < 4.78 is 4.87. The third-order valence-electron chi connectivity index (χ3n) is 4.75. The summed E-state index contributed by atoms with van der Waals surface area (Å²) in [6.45, 7) is 4.46. The number of carbonyl (C=O) groups excluding carboxylic acids is 3. The van der Waals surface area contributed by atoms with Crippen molar-refractivity contribution in [1.82, 2.24) is 10.6 Å². The lowest BCUT2D eigenvalue weighted by Gasteiger charge is -2.18. The molecule has 1 heterocycles. The van der Waals surface area contributed by atoms with Gasteiger partial charge in [-0.15, -0.1) is 0 Å². The Hall–Kier alpha value is -3.35. The quantitative estimate of drug-likeness (QED) is 0.736. The van der Waals surface area contributed by atoms with Gasteiger partial charge in [0.05, 0.1) is 6.61 Å². The minimum atomic E-state index is -0.728. The maximum absolute atomic E-state index is 12.8. The number of rotatable bonds is 6. The van der Waals surface area contributed by atoms with Crippen LogP contribution in [0, 0.1) is 0 Å². The Kier molecular flexibility index (Phi) is 6.49. The number of carbonyl (C=O) groups is 3. The van der Waals surface area contributed by atoms with Crippen LogP contribution in [0.2, 0.25) is 0 Å². The van der Waals surface area contributed by atoms with Gasteiger partial charge in [-0.25, -0.2) is 9.59 Å². The Morgan fingerprint density at radius 1 is 1.14 bits per heavy atom. The lowest BCUT2D eigenvalue weighted by Crippen LogP contribution is -2.44. The number of amides is 3. The monoisotopic (exact) mass is 395 g/mol. The second-order valence-corrected chi connectivity index (χ2v) is 6.84. The van der Waals surface area contributed by atoms with Crippen molar-refractivity contribution in [2.45, 2.75) is 32.9 Å². The molecule has 0 aliphatic carbocycles. The number of benzene rings is 2. The fourth-order valence-corrected chi connectivity index (χ4v) is 3.24. The summed E-state index contributed by atoms with van der Waals surface area (Å²) >= 11 is 0. The summed E-state index contributed by atoms with van der Waals surface area (Å²) in [5.74, 6) is -0.509. The zero-order valence-corrected chi connectivity index (χ0v) is 16.6. The zero-order valence-electron chi connectivity index (χ0n) is 16.6. The smallest absolute Gasteiger partial charge is 0.328 e. The molecular formula is C22H25N3O4. The van der Waals surface area contributed by atoms with Gasteiger partial charge in [0, 0.05) is 24.3 Å². The third-order valence-corrected chi connectivity index (χ3v) is 4.75. The van der Waals surface area contributed by atoms with Crippen LogP contribution in [-0.4, -0.2) is 37.1 Å². The van der Waals surface area contributed by atoms with Crippen LogP contribution in [-0.2, 0) is 22.5 Å². The predicted molar refractivity (Wildman–Crippen MR) is 110 cm³/mol. The van der Waals surface area contributed by atoms with E-state index < -0.39 is 18.0 Å². The Labute approximate surface area is 170 Å². The van der Waals surface area contributed by atoms with Crippen LogP contribution in [0.1, 0.15) is 35.3 Å². The van der Waals surface area contributed by atoms with E-state index in [-0.39, 0.29) is 19.1 Å². The summed E-state index contributed by atoms with van der Waals surface area (Å²) in [6.07, 6.45) is 0.805. The van der Waals surface area contributed by atoms with Crippen LogP contribution in [0.25, 0.3) is 0 Å². The number of anilines is 1. The minimum absolute atomic E-state index is 0.0320. The molecule has 7 nitrogen and oxygen atoms in total. The highest BCUT2D eigenvalue weighted by Gasteiger charge is 2.25. The first-order valence-electron chi connectivity index (χ1n) is 9.69. The van der Waals surface area contributed by atoms with Gasteiger partial charge in [-0.3, -0.25) is 4.79 Å². The second kappa shape index (κ2) is 9.23. The van der Waals surface area contributed by atoms with Gasteiger partial charge in [0.1, 0.15) is 6.04 Å². The van der Waals surface area contributed by atoms with Crippen molar-refractivity contribution in [3.8, 4) is 0 Å². The van der Waals surface area contributed by atoms with Crippen molar-refractivity contribution >= 4 is 23.6 Å². The molecule has 1 unspecified atom stereocenters. The lowest BCUT2D eigenvalue weighted by molar-refractivity contribution is -0.144. The normalized spacial score (nSPS) is 13.4. The molecule has 1 aliphatic rings. The van der Waals surface area contributed by atoms with Crippen molar-refractivity contribution in [3.05, 3.63) is 65.2 Å². The van der Waals surface area contributed by atoms with Crippen LogP contribution in [0.4, 0.5) is 10.5 Å². The highest BCUT2D eigenvalue weighted by molar-refractivity contribution is 6.07. The molecule has 0 aromatic heterocycles. The van der Waals surface area contributed by atoms with E-state index in [0.717, 1.165) is 23.2 Å². The number of esters is 1. The van der Waals surface area contributed by atoms with E-state index in [9.17, 15) is 14.4 Å². The van der Waals surface area contributed by atoms with Crippen molar-refractivity contribution in [2.75, 3.05) is 18.1 Å². The van der Waals surface area contributed by atoms with Gasteiger partial charge < -0.3 is 20.3 Å². The third kappa shape index (κ3) is 4.93. The predicted octanol–water partition coefficient (Wildman–Crippen LogP) is 2.64. The van der Waals surface area contributed by atoms with Gasteiger partial charge in [0.2, 0.25) is 0 Å². The number of nitrogens with zero attached hydrogens (tertiary/aromatic N) is 1. The van der Waals surface area contributed by atoms with E-state index in [1.165, 1.54) is 0 Å². The molecule has 0 saturated heterocycles. The molecular weight excluding hydrogens is 370 g/mol. The highest BCUT2D eigenvalue weighted by Crippen LogP contribution is 2.30. The summed E-state index contributed by atoms with van der Waals surface area (Å²) in [6, 6.07) is 13.9. The molecule has 0 bridgehead atoms. The molecule has 152 valence electrons. The van der Waals surface area contributed by atoms with Crippen LogP contribution >= 0.6 is 0 Å². The van der Waals surface area contributed by atoms with Crippen molar-refractivity contribution < 1.29 is 19.1 Å². The molecule has 0 saturated carbocycles. The molecule has 2 aromatic rings. The maximum Gasteiger partial charge on any atom is 0.328 e. The van der Waals surface area contributed by atoms with Crippen LogP contribution in [0.15, 0.2) is 48.5 Å². The number of hydrogen-bond donors (Lipinski definition) is 2. The van der Waals surface area contributed by atoms with Gasteiger partial charge in [0.15, 0.2) is 0 Å². The highest BCUT2D eigenvalue weighted by atomic mass is 16.5. The van der Waals surface area contributed by atoms with Crippen LogP contribution < -0.4 is 15.5 Å². The van der Waals surface area contributed by atoms with Crippen molar-refractivity contribution in [2.24, 2.45) is 0 Å². The average Bonchev–Trinajstić information content (AvgIpc) is 3.15. The van der Waals surface area contributed by atoms with Gasteiger partial charge in [-0.05, 0) is 49.6 Å². The summed E-state index contributed by atoms with van der Waals surface area (Å²) in [7, 11) is 0. The Morgan fingerprint density at radius 3 is 2.62 bits per heavy atom. The van der Waals surface area contributed by atoms with Crippen LogP contribution in [0.3, 0.4) is 0 Å². The van der Waals surface area contributed by atoms with E-state index >= 15 is 0 Å². The maximum atomic E-state index is 12.8. The minimum Gasteiger partial charge on any atom is -0.464 e. The molecule has 3 amide bonds. The fourth-order valence-electron chi connectivity index (χ4n) is 3.24. The number of ether oxygens (including phenoxy) is 1. The molecule has 0 radical (unpaired) electrons. The van der Waals surface area contributed by atoms with Gasteiger partial charge in [0.25, 0.3) is 5.91 Å². The molecule has 1 atom stereocenters. The molecule has 0 spiro atoms. The van der Waals surface area contributed by atoms with E-state index in [4.69, 9.17) is 4.74 Å². The van der Waals surface area contributed by atoms with Gasteiger partial charge in [-0.1, -0.05) is 30.3 Å². The summed E-state index contributed by atoms with van der Waals surface area (Å²) in [5, 5.41) is 5.28. The average molecular weight is 395 g/mol. The lowest BCUT2D eigenvalue weighted by atomic mass is 10.1. The molecule has 2 N–H and O–H groups in total. The summed E-state index contributed by atoms with van der Waals surface area (Å²) in [4.78, 5) is 38.2. The standard InChI is InChI=1S/C22H25N3O4/c1-3-29-21(27)15(2)24-22(28)23-14-16-9-10-17-11-12-25(19(17)13-16)20(26)18-7-5-4-6-8-18/h4-10,13,15H,3,11-12,14H2,1-2H3,(H2,23,24,28). The zero-order chi connectivity index (χ0) is 20.8. The molecule has 3 rings (SSSR count). The molecule has 1 aliphatic heterocycles. The number of urea groups is 1. The van der Waals surface area contributed by atoms with Crippen molar-refractivity contribution in [1.29, 1.82) is 0 Å². The Morgan fingerprint density at radius 2 is 1.90 bits per heavy atom. The fraction of sp³-hybridized carbons (Fsp3) is 0.318. The second-order valence-electron chi connectivity index (χ2n) is 6.84. The SMILES string of the molecule is CCOC(=O)C(C)NC(=O)NCc1ccc2c(c1)N(C(=O)c1ccccc1)CC2. The first kappa shape index (κ1) is 20.4. The van der Waals surface area contributed by atoms with E-state index in [1.54, 1.807) is 30.9 Å². The Bertz CT molecular complexity index is 898. The number of fused-ring (bicyclic) bond motifs is 1. The Balaban J connectivity index is 1.62. The molecule has 2 aromatic carbocycles. The topological polar surface area (TPSA) is 87.7 Å². The molecule has 29 heavy (non-hydrogen) atoms. The van der Waals surface area contributed by atoms with Crippen LogP contribution in [0.5, 0.6) is 0 Å². The largest absolute Gasteiger partial charge is 0.464 e. The van der Waals surface area contributed by atoms with Crippen molar-refractivity contribution in [3.63, 3.8) is 0 Å². The van der Waals surface area contributed by atoms with Gasteiger partial charge >= 0.3 is 12.0 Å². The molecule has 7 heteroatoms. The first-order chi connectivity index (χ1) is 14.0. The number of nitrogens with one attached hydrogen (secondary N) is 2.